The molecular weight excluding hydrogens is 232 g/mol. The Morgan fingerprint density at radius 1 is 1.44 bits per heavy atom. The number of fused-ring (bicyclic) bond motifs is 2. The van der Waals surface area contributed by atoms with E-state index in [2.05, 4.69) is 9.88 Å². The van der Waals surface area contributed by atoms with Crippen LogP contribution in [0.5, 0.6) is 0 Å². The molecule has 5 heteroatoms. The highest BCUT2D eigenvalue weighted by molar-refractivity contribution is 5.93. The molecule has 2 N–H and O–H groups in total. The van der Waals surface area contributed by atoms with E-state index < -0.39 is 11.4 Å². The van der Waals surface area contributed by atoms with Gasteiger partial charge in [-0.05, 0) is 24.1 Å². The molecule has 1 aromatic carbocycles. The molecule has 0 unspecified atom stereocenters. The monoisotopic (exact) mass is 244 g/mol. The minimum Gasteiger partial charge on any atom is -0.477 e. The zero-order chi connectivity index (χ0) is 12.9. The molecule has 0 radical (unpaired) electrons. The van der Waals surface area contributed by atoms with E-state index in [0.717, 1.165) is 24.2 Å². The molecule has 5 nitrogen and oxygen atoms in total. The average molecular weight is 244 g/mol. The summed E-state index contributed by atoms with van der Waals surface area (Å²) in [6, 6.07) is 3.71. The van der Waals surface area contributed by atoms with E-state index in [9.17, 15) is 9.59 Å². The number of anilines is 1. The molecule has 92 valence electrons. The highest BCUT2D eigenvalue weighted by Crippen LogP contribution is 2.29. The number of H-pyrrole nitrogens is 1. The maximum atomic E-state index is 12.0. The van der Waals surface area contributed by atoms with Gasteiger partial charge in [0.25, 0.3) is 0 Å². The summed E-state index contributed by atoms with van der Waals surface area (Å²) in [5.74, 6) is -1.20. The van der Waals surface area contributed by atoms with Crippen molar-refractivity contribution >= 4 is 22.6 Å². The van der Waals surface area contributed by atoms with Crippen LogP contribution in [0.3, 0.4) is 0 Å². The van der Waals surface area contributed by atoms with E-state index in [1.54, 1.807) is 6.07 Å². The molecule has 18 heavy (non-hydrogen) atoms. The number of pyridine rings is 1. The predicted molar refractivity (Wildman–Crippen MR) is 68.5 cm³/mol. The second-order valence-corrected chi connectivity index (χ2v) is 4.53. The highest BCUT2D eigenvalue weighted by atomic mass is 16.4. The Morgan fingerprint density at radius 3 is 2.94 bits per heavy atom. The van der Waals surface area contributed by atoms with Crippen LogP contribution in [0, 0.1) is 0 Å². The van der Waals surface area contributed by atoms with Gasteiger partial charge in [0, 0.05) is 30.9 Å². The van der Waals surface area contributed by atoms with Gasteiger partial charge in [0.15, 0.2) is 0 Å². The van der Waals surface area contributed by atoms with Crippen molar-refractivity contribution in [1.29, 1.82) is 0 Å². The molecule has 1 aromatic heterocycles. The van der Waals surface area contributed by atoms with Crippen molar-refractivity contribution in [2.45, 2.75) is 6.42 Å². The molecule has 0 fully saturated rings. The molecule has 1 aliphatic heterocycles. The lowest BCUT2D eigenvalue weighted by Crippen LogP contribution is -2.16. The Bertz CT molecular complexity index is 718. The molecule has 0 aliphatic carbocycles. The normalized spacial score (nSPS) is 13.9. The van der Waals surface area contributed by atoms with E-state index in [-0.39, 0.29) is 5.56 Å². The lowest BCUT2D eigenvalue weighted by molar-refractivity contribution is 0.0695. The topological polar surface area (TPSA) is 73.4 Å². The van der Waals surface area contributed by atoms with Crippen LogP contribution in [0.25, 0.3) is 10.9 Å². The fourth-order valence-electron chi connectivity index (χ4n) is 2.42. The zero-order valence-corrected chi connectivity index (χ0v) is 9.86. The number of nitrogens with zero attached hydrogens (tertiary/aromatic N) is 1. The Hall–Kier alpha value is -2.30. The summed E-state index contributed by atoms with van der Waals surface area (Å²) in [6.07, 6.45) is 2.15. The number of hydrogen-bond donors (Lipinski definition) is 2. The summed E-state index contributed by atoms with van der Waals surface area (Å²) in [7, 11) is 2.00. The molecule has 3 rings (SSSR count). The number of rotatable bonds is 1. The van der Waals surface area contributed by atoms with Gasteiger partial charge < -0.3 is 15.0 Å². The summed E-state index contributed by atoms with van der Waals surface area (Å²) in [4.78, 5) is 28.0. The van der Waals surface area contributed by atoms with E-state index in [4.69, 9.17) is 5.11 Å². The second kappa shape index (κ2) is 3.60. The number of carboxylic acid groups (broad SMARTS) is 1. The minimum absolute atomic E-state index is 0.214. The third kappa shape index (κ3) is 1.40. The van der Waals surface area contributed by atoms with Crippen LogP contribution in [-0.2, 0) is 6.42 Å². The van der Waals surface area contributed by atoms with Crippen molar-refractivity contribution in [3.05, 3.63) is 39.7 Å². The van der Waals surface area contributed by atoms with Gasteiger partial charge in [-0.15, -0.1) is 0 Å². The number of aromatic nitrogens is 1. The number of carboxylic acids is 1. The van der Waals surface area contributed by atoms with Crippen LogP contribution in [0.4, 0.5) is 5.69 Å². The van der Waals surface area contributed by atoms with Gasteiger partial charge in [0.1, 0.15) is 5.56 Å². The summed E-state index contributed by atoms with van der Waals surface area (Å²) in [6.45, 7) is 0.922. The summed E-state index contributed by atoms with van der Waals surface area (Å²) >= 11 is 0. The Morgan fingerprint density at radius 2 is 2.22 bits per heavy atom. The highest BCUT2D eigenvalue weighted by Gasteiger charge is 2.19. The molecule has 0 amide bonds. The lowest BCUT2D eigenvalue weighted by atomic mass is 10.1. The fourth-order valence-corrected chi connectivity index (χ4v) is 2.42. The lowest BCUT2D eigenvalue weighted by Gasteiger charge is -2.12. The SMILES string of the molecule is CN1CCc2cc3c(=O)c(C(=O)O)c[nH]c3cc21. The number of aromatic amines is 1. The molecule has 0 saturated heterocycles. The van der Waals surface area contributed by atoms with Crippen LogP contribution in [0.1, 0.15) is 15.9 Å². The largest absolute Gasteiger partial charge is 0.477 e. The molecule has 0 spiro atoms. The number of carbonyl (C=O) groups is 1. The quantitative estimate of drug-likeness (QED) is 0.791. The van der Waals surface area contributed by atoms with Crippen LogP contribution in [0.15, 0.2) is 23.1 Å². The van der Waals surface area contributed by atoms with Crippen LogP contribution in [0.2, 0.25) is 0 Å². The molecule has 1 aliphatic rings. The molecule has 0 saturated carbocycles. The second-order valence-electron chi connectivity index (χ2n) is 4.53. The maximum absolute atomic E-state index is 12.0. The first-order valence-electron chi connectivity index (χ1n) is 5.70. The standard InChI is InChI=1S/C13H12N2O3/c1-15-3-2-7-4-8-10(5-11(7)15)14-6-9(12(8)16)13(17)18/h4-6H,2-3H2,1H3,(H,14,16)(H,17,18). The van der Waals surface area contributed by atoms with Crippen molar-refractivity contribution in [2.75, 3.05) is 18.5 Å². The molecular formula is C13H12N2O3. The Kier molecular flexibility index (Phi) is 2.16. The number of benzene rings is 1. The molecule has 0 atom stereocenters. The van der Waals surface area contributed by atoms with E-state index in [0.29, 0.717) is 10.9 Å². The smallest absolute Gasteiger partial charge is 0.341 e. The van der Waals surface area contributed by atoms with Gasteiger partial charge >= 0.3 is 5.97 Å². The summed E-state index contributed by atoms with van der Waals surface area (Å²) in [5.41, 5.74) is 2.24. The molecule has 0 bridgehead atoms. The van der Waals surface area contributed by atoms with Crippen LogP contribution >= 0.6 is 0 Å². The van der Waals surface area contributed by atoms with Crippen molar-refractivity contribution in [2.24, 2.45) is 0 Å². The van der Waals surface area contributed by atoms with Crippen molar-refractivity contribution in [3.63, 3.8) is 0 Å². The number of hydrogen-bond acceptors (Lipinski definition) is 3. The summed E-state index contributed by atoms with van der Waals surface area (Å²) < 4.78 is 0. The Labute approximate surface area is 103 Å². The van der Waals surface area contributed by atoms with Crippen molar-refractivity contribution in [1.82, 2.24) is 4.98 Å². The van der Waals surface area contributed by atoms with E-state index in [1.807, 2.05) is 13.1 Å². The summed E-state index contributed by atoms with van der Waals surface area (Å²) in [5, 5.41) is 9.38. The first kappa shape index (κ1) is 10.8. The first-order chi connectivity index (χ1) is 8.58. The zero-order valence-electron chi connectivity index (χ0n) is 9.86. The van der Waals surface area contributed by atoms with Crippen LogP contribution in [-0.4, -0.2) is 29.7 Å². The van der Waals surface area contributed by atoms with Gasteiger partial charge in [0.05, 0.1) is 5.52 Å². The van der Waals surface area contributed by atoms with E-state index in [1.165, 1.54) is 6.20 Å². The number of nitrogens with one attached hydrogen (secondary N) is 1. The van der Waals surface area contributed by atoms with Gasteiger partial charge in [-0.25, -0.2) is 4.79 Å². The van der Waals surface area contributed by atoms with Crippen LogP contribution < -0.4 is 10.3 Å². The third-order valence-electron chi connectivity index (χ3n) is 3.44. The van der Waals surface area contributed by atoms with Gasteiger partial charge in [-0.2, -0.15) is 0 Å². The maximum Gasteiger partial charge on any atom is 0.341 e. The van der Waals surface area contributed by atoms with Crippen molar-refractivity contribution < 1.29 is 9.90 Å². The minimum atomic E-state index is -1.20. The van der Waals surface area contributed by atoms with E-state index >= 15 is 0 Å². The first-order valence-corrected chi connectivity index (χ1v) is 5.70. The average Bonchev–Trinajstić information content (AvgIpc) is 2.69. The van der Waals surface area contributed by atoms with Gasteiger partial charge in [-0.1, -0.05) is 0 Å². The molecule has 2 heterocycles. The Balaban J connectivity index is 2.34. The number of aromatic carboxylic acids is 1. The fraction of sp³-hybridized carbons (Fsp3) is 0.231. The predicted octanol–water partition coefficient (Wildman–Crippen LogP) is 1.22. The molecule has 2 aromatic rings. The van der Waals surface area contributed by atoms with Crippen molar-refractivity contribution in [3.8, 4) is 0 Å². The number of likely N-dealkylation sites (N-methyl/N-ethyl adjacent to an activating group) is 1. The van der Waals surface area contributed by atoms with Gasteiger partial charge in [0.2, 0.25) is 5.43 Å². The van der Waals surface area contributed by atoms with Gasteiger partial charge in [-0.3, -0.25) is 4.79 Å². The third-order valence-corrected chi connectivity index (χ3v) is 3.44.